The van der Waals surface area contributed by atoms with Gasteiger partial charge in [-0.15, -0.1) is 4.91 Å². The molecule has 1 aromatic heterocycles. The SMILES string of the molecule is CCCCCOc1ccc(Cn2c(O)c(N=O)c3cc([N+](=O)[O-])ccc32)cc1. The molecular weight excluding hydrogens is 362 g/mol. The molecule has 0 aliphatic rings. The quantitative estimate of drug-likeness (QED) is 0.234. The molecule has 28 heavy (non-hydrogen) atoms. The van der Waals surface area contributed by atoms with Crippen LogP contribution in [0.25, 0.3) is 10.9 Å². The number of hydrogen-bond acceptors (Lipinski definition) is 6. The van der Waals surface area contributed by atoms with Crippen molar-refractivity contribution < 1.29 is 14.8 Å². The van der Waals surface area contributed by atoms with Gasteiger partial charge in [0.15, 0.2) is 5.69 Å². The Morgan fingerprint density at radius 2 is 1.93 bits per heavy atom. The van der Waals surface area contributed by atoms with E-state index in [1.165, 1.54) is 22.8 Å². The zero-order valence-corrected chi connectivity index (χ0v) is 15.5. The lowest BCUT2D eigenvalue weighted by molar-refractivity contribution is -0.384. The van der Waals surface area contributed by atoms with Gasteiger partial charge in [0.2, 0.25) is 5.88 Å². The van der Waals surface area contributed by atoms with E-state index in [0.29, 0.717) is 12.1 Å². The molecule has 0 atom stereocenters. The van der Waals surface area contributed by atoms with Crippen molar-refractivity contribution in [2.75, 3.05) is 6.61 Å². The molecule has 146 valence electrons. The van der Waals surface area contributed by atoms with Crippen molar-refractivity contribution in [3.05, 3.63) is 63.0 Å². The van der Waals surface area contributed by atoms with E-state index in [9.17, 15) is 20.1 Å². The number of unbranched alkanes of at least 4 members (excludes halogenated alkanes) is 2. The third kappa shape index (κ3) is 3.95. The van der Waals surface area contributed by atoms with Crippen LogP contribution in [0, 0.1) is 15.0 Å². The number of nitro groups is 1. The molecule has 0 saturated carbocycles. The minimum Gasteiger partial charge on any atom is -0.494 e. The summed E-state index contributed by atoms with van der Waals surface area (Å²) in [7, 11) is 0. The number of hydrogen-bond donors (Lipinski definition) is 1. The number of ether oxygens (including phenoxy) is 1. The standard InChI is InChI=1S/C20H21N3O5/c1-2-3-4-11-28-16-8-5-14(6-9-16)13-22-18-10-7-15(23(26)27)12-17(18)19(21-25)20(22)24/h5-10,12,24H,2-4,11,13H2,1H3. The van der Waals surface area contributed by atoms with Crippen LogP contribution in [-0.2, 0) is 6.54 Å². The van der Waals surface area contributed by atoms with Gasteiger partial charge in [0.05, 0.1) is 23.6 Å². The first-order chi connectivity index (χ1) is 13.5. The highest BCUT2D eigenvalue weighted by molar-refractivity contribution is 5.96. The van der Waals surface area contributed by atoms with Gasteiger partial charge in [0.25, 0.3) is 5.69 Å². The van der Waals surface area contributed by atoms with Gasteiger partial charge in [0.1, 0.15) is 5.75 Å². The normalized spacial score (nSPS) is 10.9. The van der Waals surface area contributed by atoms with Gasteiger partial charge >= 0.3 is 0 Å². The first-order valence-corrected chi connectivity index (χ1v) is 9.09. The number of aromatic hydroxyl groups is 1. The average molecular weight is 383 g/mol. The summed E-state index contributed by atoms with van der Waals surface area (Å²) in [5.41, 5.74) is 1.01. The van der Waals surface area contributed by atoms with Gasteiger partial charge in [-0.25, -0.2) is 0 Å². The van der Waals surface area contributed by atoms with Crippen molar-refractivity contribution in [2.45, 2.75) is 32.7 Å². The Morgan fingerprint density at radius 1 is 1.18 bits per heavy atom. The summed E-state index contributed by atoms with van der Waals surface area (Å²) < 4.78 is 7.19. The van der Waals surface area contributed by atoms with Crippen molar-refractivity contribution in [2.24, 2.45) is 5.18 Å². The van der Waals surface area contributed by atoms with Crippen LogP contribution in [0.4, 0.5) is 11.4 Å². The first kappa shape index (κ1) is 19.3. The van der Waals surface area contributed by atoms with E-state index < -0.39 is 4.92 Å². The molecule has 0 bridgehead atoms. The second-order valence-corrected chi connectivity index (χ2v) is 6.51. The number of rotatable bonds is 9. The zero-order valence-electron chi connectivity index (χ0n) is 15.5. The van der Waals surface area contributed by atoms with E-state index in [1.807, 2.05) is 24.3 Å². The number of nitrogens with zero attached hydrogens (tertiary/aromatic N) is 3. The second-order valence-electron chi connectivity index (χ2n) is 6.51. The molecule has 0 aliphatic heterocycles. The molecule has 0 fully saturated rings. The topological polar surface area (TPSA) is 107 Å². The highest BCUT2D eigenvalue weighted by Gasteiger charge is 2.20. The Bertz CT molecular complexity index is 995. The Balaban J connectivity index is 1.85. The minimum atomic E-state index is -0.554. The molecule has 0 aliphatic carbocycles. The molecule has 0 radical (unpaired) electrons. The van der Waals surface area contributed by atoms with Gasteiger partial charge in [0, 0.05) is 17.5 Å². The van der Waals surface area contributed by atoms with E-state index in [4.69, 9.17) is 4.74 Å². The summed E-state index contributed by atoms with van der Waals surface area (Å²) >= 11 is 0. The van der Waals surface area contributed by atoms with E-state index in [-0.39, 0.29) is 29.2 Å². The number of nitroso groups, excluding NO2 is 1. The Hall–Kier alpha value is -3.42. The number of benzene rings is 2. The molecule has 8 nitrogen and oxygen atoms in total. The molecule has 0 unspecified atom stereocenters. The molecule has 0 spiro atoms. The largest absolute Gasteiger partial charge is 0.494 e. The van der Waals surface area contributed by atoms with Crippen molar-refractivity contribution in [1.29, 1.82) is 0 Å². The number of non-ortho nitro benzene ring substituents is 1. The van der Waals surface area contributed by atoms with Gasteiger partial charge in [-0.05, 0) is 35.4 Å². The van der Waals surface area contributed by atoms with E-state index in [0.717, 1.165) is 30.6 Å². The molecule has 3 rings (SSSR count). The van der Waals surface area contributed by atoms with Crippen LogP contribution in [0.5, 0.6) is 11.6 Å². The Kier molecular flexibility index (Phi) is 5.88. The van der Waals surface area contributed by atoms with Crippen LogP contribution < -0.4 is 4.74 Å². The third-order valence-corrected chi connectivity index (χ3v) is 4.58. The van der Waals surface area contributed by atoms with E-state index in [2.05, 4.69) is 12.1 Å². The molecule has 1 N–H and O–H groups in total. The monoisotopic (exact) mass is 383 g/mol. The zero-order chi connectivity index (χ0) is 20.1. The summed E-state index contributed by atoms with van der Waals surface area (Å²) in [4.78, 5) is 21.6. The molecular formula is C20H21N3O5. The van der Waals surface area contributed by atoms with E-state index >= 15 is 0 Å². The van der Waals surface area contributed by atoms with Gasteiger partial charge in [-0.3, -0.25) is 10.1 Å². The fourth-order valence-electron chi connectivity index (χ4n) is 3.09. The Labute approximate surface area is 161 Å². The second kappa shape index (κ2) is 8.51. The third-order valence-electron chi connectivity index (χ3n) is 4.58. The molecule has 2 aromatic carbocycles. The molecule has 0 saturated heterocycles. The van der Waals surface area contributed by atoms with Gasteiger partial charge in [-0.1, -0.05) is 31.9 Å². The van der Waals surface area contributed by atoms with Gasteiger partial charge < -0.3 is 14.4 Å². The highest BCUT2D eigenvalue weighted by atomic mass is 16.6. The van der Waals surface area contributed by atoms with Crippen molar-refractivity contribution in [3.8, 4) is 11.6 Å². The van der Waals surface area contributed by atoms with Crippen LogP contribution in [0.15, 0.2) is 47.6 Å². The van der Waals surface area contributed by atoms with Crippen LogP contribution in [0.2, 0.25) is 0 Å². The summed E-state index contributed by atoms with van der Waals surface area (Å²) in [5, 5.41) is 24.5. The minimum absolute atomic E-state index is 0.167. The first-order valence-electron chi connectivity index (χ1n) is 9.09. The molecule has 3 aromatic rings. The maximum atomic E-state index is 11.2. The fraction of sp³-hybridized carbons (Fsp3) is 0.300. The molecule has 0 amide bonds. The predicted octanol–water partition coefficient (Wildman–Crippen LogP) is 5.27. The summed E-state index contributed by atoms with van der Waals surface area (Å²) in [5.74, 6) is 0.456. The maximum Gasteiger partial charge on any atom is 0.270 e. The van der Waals surface area contributed by atoms with Crippen LogP contribution >= 0.6 is 0 Å². The fourth-order valence-corrected chi connectivity index (χ4v) is 3.09. The maximum absolute atomic E-state index is 11.2. The van der Waals surface area contributed by atoms with Crippen molar-refractivity contribution in [1.82, 2.24) is 4.57 Å². The number of fused-ring (bicyclic) bond motifs is 1. The highest BCUT2D eigenvalue weighted by Crippen LogP contribution is 2.40. The number of nitro benzene ring substituents is 1. The average Bonchev–Trinajstić information content (AvgIpc) is 2.96. The summed E-state index contributed by atoms with van der Waals surface area (Å²) in [6, 6.07) is 11.5. The van der Waals surface area contributed by atoms with Crippen molar-refractivity contribution in [3.63, 3.8) is 0 Å². The lowest BCUT2D eigenvalue weighted by atomic mass is 10.2. The van der Waals surface area contributed by atoms with Crippen LogP contribution in [-0.4, -0.2) is 21.2 Å². The summed E-state index contributed by atoms with van der Waals surface area (Å²) in [6.07, 6.45) is 3.27. The lowest BCUT2D eigenvalue weighted by Crippen LogP contribution is -2.00. The number of aromatic nitrogens is 1. The molecule has 8 heteroatoms. The predicted molar refractivity (Wildman–Crippen MR) is 106 cm³/mol. The molecule has 1 heterocycles. The van der Waals surface area contributed by atoms with Crippen molar-refractivity contribution >= 4 is 22.3 Å². The van der Waals surface area contributed by atoms with Gasteiger partial charge in [-0.2, -0.15) is 0 Å². The van der Waals surface area contributed by atoms with Crippen LogP contribution in [0.3, 0.4) is 0 Å². The smallest absolute Gasteiger partial charge is 0.270 e. The van der Waals surface area contributed by atoms with E-state index in [1.54, 1.807) is 0 Å². The van der Waals surface area contributed by atoms with Crippen LogP contribution in [0.1, 0.15) is 31.7 Å². The summed E-state index contributed by atoms with van der Waals surface area (Å²) in [6.45, 7) is 3.09. The Morgan fingerprint density at radius 3 is 2.57 bits per heavy atom. The lowest BCUT2D eigenvalue weighted by Gasteiger charge is -2.09.